The van der Waals surface area contributed by atoms with Gasteiger partial charge in [0.05, 0.1) is 15.6 Å². The number of allylic oxidation sites excluding steroid dienone is 1. The number of amides is 1. The van der Waals surface area contributed by atoms with Crippen LogP contribution < -0.4 is 10.2 Å². The third-order valence-electron chi connectivity index (χ3n) is 4.30. The van der Waals surface area contributed by atoms with Crippen molar-refractivity contribution in [3.63, 3.8) is 0 Å². The Kier molecular flexibility index (Phi) is 5.59. The molecule has 6 nitrogen and oxygen atoms in total. The summed E-state index contributed by atoms with van der Waals surface area (Å²) in [5.74, 6) is -1.49. The van der Waals surface area contributed by atoms with Gasteiger partial charge in [-0.1, -0.05) is 38.9 Å². The van der Waals surface area contributed by atoms with Crippen LogP contribution in [-0.4, -0.2) is 21.8 Å². The molecular formula is C20H12BrClFN3O3S. The topological polar surface area (TPSA) is 83.7 Å². The smallest absolute Gasteiger partial charge is 0.311 e. The second-order valence-electron chi connectivity index (χ2n) is 6.34. The lowest BCUT2D eigenvalue weighted by Crippen LogP contribution is -2.24. The summed E-state index contributed by atoms with van der Waals surface area (Å²) in [4.78, 5) is 28.7. The maximum Gasteiger partial charge on any atom is 0.311 e. The number of thiazole rings is 1. The van der Waals surface area contributed by atoms with Gasteiger partial charge in [-0.25, -0.2) is 4.39 Å². The Morgan fingerprint density at radius 2 is 2.13 bits per heavy atom. The van der Waals surface area contributed by atoms with Crippen molar-refractivity contribution in [2.45, 2.75) is 6.54 Å². The zero-order valence-electron chi connectivity index (χ0n) is 15.0. The minimum absolute atomic E-state index is 0.137. The highest BCUT2D eigenvalue weighted by Gasteiger charge is 2.18. The van der Waals surface area contributed by atoms with Crippen molar-refractivity contribution in [3.8, 4) is 5.88 Å². The van der Waals surface area contributed by atoms with Crippen LogP contribution in [-0.2, 0) is 11.3 Å². The Morgan fingerprint density at radius 3 is 2.90 bits per heavy atom. The van der Waals surface area contributed by atoms with Crippen molar-refractivity contribution in [2.24, 2.45) is 4.99 Å². The van der Waals surface area contributed by atoms with Crippen LogP contribution in [0.2, 0.25) is 5.02 Å². The van der Waals surface area contributed by atoms with Crippen molar-refractivity contribution in [1.82, 2.24) is 4.57 Å². The van der Waals surface area contributed by atoms with Crippen molar-refractivity contribution in [3.05, 3.63) is 71.8 Å². The quantitative estimate of drug-likeness (QED) is 0.516. The van der Waals surface area contributed by atoms with E-state index in [4.69, 9.17) is 11.6 Å². The SMILES string of the molecule is O=C(Cn1c(O)c(C=C2C=Nc3ccc(Br)cc32)sc1=O)Nc1ccc(F)c(Cl)c1. The van der Waals surface area contributed by atoms with Crippen LogP contribution in [0.5, 0.6) is 5.88 Å². The Bertz CT molecular complexity index is 1300. The molecule has 1 aliphatic rings. The van der Waals surface area contributed by atoms with Gasteiger partial charge in [0.15, 0.2) is 0 Å². The first-order valence-electron chi connectivity index (χ1n) is 8.55. The van der Waals surface area contributed by atoms with E-state index in [1.54, 1.807) is 12.3 Å². The number of nitrogens with one attached hydrogen (secondary N) is 1. The third-order valence-corrected chi connectivity index (χ3v) is 6.00. The first kappa shape index (κ1) is 20.5. The molecule has 152 valence electrons. The molecule has 0 saturated heterocycles. The molecule has 1 amide bonds. The van der Waals surface area contributed by atoms with Crippen LogP contribution in [0.1, 0.15) is 10.4 Å². The Hall–Kier alpha value is -2.75. The molecule has 0 fully saturated rings. The average Bonchev–Trinajstić information content (AvgIpc) is 3.20. The Labute approximate surface area is 187 Å². The van der Waals surface area contributed by atoms with Crippen molar-refractivity contribution in [1.29, 1.82) is 0 Å². The van der Waals surface area contributed by atoms with E-state index in [0.717, 1.165) is 43.3 Å². The number of anilines is 1. The standard InChI is InChI=1S/C20H12BrClFN3O3S/c21-11-1-4-16-13(6-11)10(8-24-16)5-17-19(28)26(20(29)30-17)9-18(27)25-12-2-3-15(23)14(22)7-12/h1-8,28H,9H2,(H,25,27). The zero-order valence-corrected chi connectivity index (χ0v) is 18.2. The summed E-state index contributed by atoms with van der Waals surface area (Å²) in [5.41, 5.74) is 2.66. The number of aromatic hydroxyl groups is 1. The lowest BCUT2D eigenvalue weighted by atomic mass is 10.1. The minimum Gasteiger partial charge on any atom is -0.493 e. The highest BCUT2D eigenvalue weighted by atomic mass is 79.9. The predicted molar refractivity (Wildman–Crippen MR) is 120 cm³/mol. The number of hydrogen-bond acceptors (Lipinski definition) is 5. The molecule has 0 aliphatic carbocycles. The molecule has 0 atom stereocenters. The summed E-state index contributed by atoms with van der Waals surface area (Å²) in [6, 6.07) is 9.35. The molecule has 0 spiro atoms. The summed E-state index contributed by atoms with van der Waals surface area (Å²) in [6.07, 6.45) is 3.30. The molecule has 1 aliphatic heterocycles. The highest BCUT2D eigenvalue weighted by Crippen LogP contribution is 2.36. The van der Waals surface area contributed by atoms with Gasteiger partial charge < -0.3 is 10.4 Å². The summed E-state index contributed by atoms with van der Waals surface area (Å²) in [6.45, 7) is -0.407. The number of benzene rings is 2. The fraction of sp³-hybridized carbons (Fsp3) is 0.0500. The van der Waals surface area contributed by atoms with Gasteiger partial charge in [0.2, 0.25) is 11.8 Å². The maximum atomic E-state index is 13.2. The number of hydrogen-bond donors (Lipinski definition) is 2. The van der Waals surface area contributed by atoms with Crippen LogP contribution >= 0.6 is 38.9 Å². The van der Waals surface area contributed by atoms with Gasteiger partial charge in [0, 0.05) is 27.5 Å². The molecule has 30 heavy (non-hydrogen) atoms. The molecule has 10 heteroatoms. The van der Waals surface area contributed by atoms with Crippen LogP contribution in [0.4, 0.5) is 15.8 Å². The normalized spacial score (nSPS) is 13.6. The molecule has 0 bridgehead atoms. The molecule has 0 saturated carbocycles. The number of nitrogens with zero attached hydrogens (tertiary/aromatic N) is 2. The number of fused-ring (bicyclic) bond motifs is 1. The highest BCUT2D eigenvalue weighted by molar-refractivity contribution is 9.10. The van der Waals surface area contributed by atoms with E-state index in [-0.39, 0.29) is 16.6 Å². The molecule has 0 unspecified atom stereocenters. The second kappa shape index (κ2) is 8.17. The van der Waals surface area contributed by atoms with E-state index >= 15 is 0 Å². The lowest BCUT2D eigenvalue weighted by Gasteiger charge is -2.07. The number of carbonyl (C=O) groups is 1. The van der Waals surface area contributed by atoms with Gasteiger partial charge in [-0.3, -0.25) is 19.1 Å². The third kappa shape index (κ3) is 4.09. The number of halogens is 3. The van der Waals surface area contributed by atoms with E-state index in [1.165, 1.54) is 12.1 Å². The van der Waals surface area contributed by atoms with E-state index in [0.29, 0.717) is 4.88 Å². The minimum atomic E-state index is -0.608. The van der Waals surface area contributed by atoms with E-state index in [9.17, 15) is 19.1 Å². The van der Waals surface area contributed by atoms with Gasteiger partial charge in [0.1, 0.15) is 12.4 Å². The van der Waals surface area contributed by atoms with Gasteiger partial charge in [0.25, 0.3) is 0 Å². The van der Waals surface area contributed by atoms with E-state index in [1.807, 2.05) is 18.2 Å². The average molecular weight is 509 g/mol. The predicted octanol–water partition coefficient (Wildman–Crippen LogP) is 5.07. The first-order chi connectivity index (χ1) is 14.3. The summed E-state index contributed by atoms with van der Waals surface area (Å²) < 4.78 is 15.1. The molecule has 1 aromatic heterocycles. The lowest BCUT2D eigenvalue weighted by molar-refractivity contribution is -0.116. The van der Waals surface area contributed by atoms with Crippen LogP contribution in [0.25, 0.3) is 11.6 Å². The van der Waals surface area contributed by atoms with Gasteiger partial charge in [-0.15, -0.1) is 0 Å². The fourth-order valence-corrected chi connectivity index (χ4v) is 4.26. The Morgan fingerprint density at radius 1 is 1.33 bits per heavy atom. The van der Waals surface area contributed by atoms with Gasteiger partial charge in [-0.05, 0) is 42.5 Å². The van der Waals surface area contributed by atoms with Gasteiger partial charge in [-0.2, -0.15) is 0 Å². The fourth-order valence-electron chi connectivity index (χ4n) is 2.88. The van der Waals surface area contributed by atoms with Crippen LogP contribution in [0, 0.1) is 5.82 Å². The van der Waals surface area contributed by atoms with Crippen LogP contribution in [0.3, 0.4) is 0 Å². The van der Waals surface area contributed by atoms with Crippen molar-refractivity contribution < 1.29 is 14.3 Å². The van der Waals surface area contributed by atoms with Crippen LogP contribution in [0.15, 0.2) is 50.7 Å². The zero-order chi connectivity index (χ0) is 21.4. The largest absolute Gasteiger partial charge is 0.493 e. The molecular weight excluding hydrogens is 497 g/mol. The number of carbonyl (C=O) groups excluding carboxylic acids is 1. The summed E-state index contributed by atoms with van der Waals surface area (Å²) in [5, 5.41) is 12.9. The van der Waals surface area contributed by atoms with Gasteiger partial charge >= 0.3 is 4.87 Å². The number of rotatable bonds is 4. The van der Waals surface area contributed by atoms with Crippen molar-refractivity contribution in [2.75, 3.05) is 5.32 Å². The molecule has 0 radical (unpaired) electrons. The van der Waals surface area contributed by atoms with E-state index < -0.39 is 23.1 Å². The first-order valence-corrected chi connectivity index (χ1v) is 10.5. The Balaban J connectivity index is 1.57. The molecule has 2 heterocycles. The molecule has 4 rings (SSSR count). The molecule has 2 aromatic carbocycles. The monoisotopic (exact) mass is 507 g/mol. The molecule has 2 N–H and O–H groups in total. The summed E-state index contributed by atoms with van der Waals surface area (Å²) >= 11 is 9.93. The van der Waals surface area contributed by atoms with E-state index in [2.05, 4.69) is 26.2 Å². The second-order valence-corrected chi connectivity index (χ2v) is 8.65. The van der Waals surface area contributed by atoms with Crippen molar-refractivity contribution >= 4 is 74.0 Å². The maximum absolute atomic E-state index is 13.2. The molecule has 3 aromatic rings. The number of aliphatic imine (C=N–C) groups is 1. The summed E-state index contributed by atoms with van der Waals surface area (Å²) in [7, 11) is 0. The number of aromatic nitrogens is 1.